The van der Waals surface area contributed by atoms with Crippen LogP contribution < -0.4 is 5.56 Å². The molecule has 0 aliphatic carbocycles. The van der Waals surface area contributed by atoms with Crippen molar-refractivity contribution in [3.63, 3.8) is 0 Å². The Kier molecular flexibility index (Phi) is 3.95. The normalized spacial score (nSPS) is 11.5. The van der Waals surface area contributed by atoms with E-state index in [0.717, 1.165) is 44.2 Å². The lowest BCUT2D eigenvalue weighted by Crippen LogP contribution is -2.14. The molecule has 1 aromatic carbocycles. The Morgan fingerprint density at radius 2 is 2.14 bits per heavy atom. The van der Waals surface area contributed by atoms with E-state index in [1.165, 1.54) is 15.9 Å². The molecule has 29 heavy (non-hydrogen) atoms. The first-order valence-electron chi connectivity index (χ1n) is 9.26. The summed E-state index contributed by atoms with van der Waals surface area (Å²) in [6, 6.07) is 7.55. The number of H-pyrrole nitrogens is 1. The van der Waals surface area contributed by atoms with Gasteiger partial charge in [-0.3, -0.25) is 14.6 Å². The fourth-order valence-electron chi connectivity index (χ4n) is 3.50. The first-order chi connectivity index (χ1) is 14.1. The van der Waals surface area contributed by atoms with Gasteiger partial charge in [0.25, 0.3) is 5.56 Å². The Bertz CT molecular complexity index is 1450. The van der Waals surface area contributed by atoms with Gasteiger partial charge in [0.15, 0.2) is 5.65 Å². The summed E-state index contributed by atoms with van der Waals surface area (Å²) in [5, 5.41) is 9.21. The van der Waals surface area contributed by atoms with Crippen LogP contribution in [0.4, 0.5) is 0 Å². The van der Waals surface area contributed by atoms with Gasteiger partial charge in [-0.2, -0.15) is 5.10 Å². The van der Waals surface area contributed by atoms with Gasteiger partial charge in [0, 0.05) is 34.6 Å². The summed E-state index contributed by atoms with van der Waals surface area (Å²) in [5.74, 6) is 0. The fraction of sp³-hybridized carbons (Fsp3) is 0.143. The number of aryl methyl sites for hydroxylation is 2. The molecule has 1 N–H and O–H groups in total. The van der Waals surface area contributed by atoms with Crippen molar-refractivity contribution in [3.05, 3.63) is 64.2 Å². The van der Waals surface area contributed by atoms with Crippen LogP contribution in [0.1, 0.15) is 17.5 Å². The van der Waals surface area contributed by atoms with Gasteiger partial charge >= 0.3 is 0 Å². The number of benzene rings is 1. The van der Waals surface area contributed by atoms with Crippen molar-refractivity contribution in [2.75, 3.05) is 0 Å². The number of aromatic amines is 1. The summed E-state index contributed by atoms with van der Waals surface area (Å²) >= 11 is 1.53. The minimum Gasteiger partial charge on any atom is -0.296 e. The summed E-state index contributed by atoms with van der Waals surface area (Å²) in [6.07, 6.45) is 5.40. The molecule has 144 valence electrons. The molecule has 0 atom stereocenters. The Labute approximate surface area is 170 Å². The molecule has 0 aliphatic rings. The van der Waals surface area contributed by atoms with Crippen molar-refractivity contribution < 1.29 is 0 Å². The maximum atomic E-state index is 12.7. The van der Waals surface area contributed by atoms with Crippen LogP contribution in [0.25, 0.3) is 44.5 Å². The molecular weight excluding hydrogens is 384 g/mol. The Hall–Kier alpha value is -3.52. The highest BCUT2D eigenvalue weighted by atomic mass is 32.1. The SMILES string of the molecule is C=Cc1sc(-c2c[nH]n3c(=O)cc(-c4ccc5c(cnn5CC)c4)nc23)nc1C. The number of thiazole rings is 1. The van der Waals surface area contributed by atoms with Gasteiger partial charge in [0.05, 0.1) is 28.7 Å². The van der Waals surface area contributed by atoms with Crippen LogP contribution in [0, 0.1) is 6.92 Å². The molecule has 0 unspecified atom stereocenters. The predicted octanol–water partition coefficient (Wildman–Crippen LogP) is 4.13. The van der Waals surface area contributed by atoms with Crippen molar-refractivity contribution in [2.24, 2.45) is 0 Å². The number of hydrogen-bond donors (Lipinski definition) is 1. The summed E-state index contributed by atoms with van der Waals surface area (Å²) in [4.78, 5) is 23.1. The monoisotopic (exact) mass is 402 g/mol. The molecule has 0 radical (unpaired) electrons. The van der Waals surface area contributed by atoms with Gasteiger partial charge in [-0.15, -0.1) is 11.3 Å². The number of rotatable bonds is 4. The number of fused-ring (bicyclic) bond motifs is 2. The average molecular weight is 402 g/mol. The van der Waals surface area contributed by atoms with Crippen LogP contribution in [0.3, 0.4) is 0 Å². The molecule has 0 amide bonds. The second kappa shape index (κ2) is 6.52. The lowest BCUT2D eigenvalue weighted by molar-refractivity contribution is 0.684. The minimum absolute atomic E-state index is 0.169. The van der Waals surface area contributed by atoms with Gasteiger partial charge in [0.1, 0.15) is 5.01 Å². The second-order valence-corrected chi connectivity index (χ2v) is 7.76. The van der Waals surface area contributed by atoms with Crippen molar-refractivity contribution >= 4 is 34.0 Å². The maximum absolute atomic E-state index is 12.7. The summed E-state index contributed by atoms with van der Waals surface area (Å²) < 4.78 is 3.38. The largest absolute Gasteiger partial charge is 0.296 e. The van der Waals surface area contributed by atoms with E-state index in [1.807, 2.05) is 36.0 Å². The van der Waals surface area contributed by atoms with E-state index in [-0.39, 0.29) is 5.56 Å². The molecule has 4 aromatic heterocycles. The lowest BCUT2D eigenvalue weighted by Gasteiger charge is -2.04. The van der Waals surface area contributed by atoms with E-state index in [9.17, 15) is 4.79 Å². The smallest absolute Gasteiger partial charge is 0.273 e. The first-order valence-corrected chi connectivity index (χ1v) is 10.1. The molecule has 0 saturated carbocycles. The molecule has 8 heteroatoms. The van der Waals surface area contributed by atoms with Crippen LogP contribution in [0.2, 0.25) is 0 Å². The summed E-state index contributed by atoms with van der Waals surface area (Å²) in [5.41, 5.74) is 4.66. The summed E-state index contributed by atoms with van der Waals surface area (Å²) in [6.45, 7) is 8.65. The molecule has 0 spiro atoms. The number of aromatic nitrogens is 6. The fourth-order valence-corrected chi connectivity index (χ4v) is 4.43. The third-order valence-electron chi connectivity index (χ3n) is 4.98. The van der Waals surface area contributed by atoms with Crippen molar-refractivity contribution in [1.82, 2.24) is 29.4 Å². The highest BCUT2D eigenvalue weighted by Gasteiger charge is 2.16. The predicted molar refractivity (Wildman–Crippen MR) is 116 cm³/mol. The van der Waals surface area contributed by atoms with Gasteiger partial charge < -0.3 is 0 Å². The topological polar surface area (TPSA) is 80.9 Å². The van der Waals surface area contributed by atoms with Crippen molar-refractivity contribution in [3.8, 4) is 21.8 Å². The Morgan fingerprint density at radius 1 is 1.28 bits per heavy atom. The average Bonchev–Trinajstić information content (AvgIpc) is 3.43. The maximum Gasteiger partial charge on any atom is 0.273 e. The molecule has 0 saturated heterocycles. The van der Waals surface area contributed by atoms with E-state index >= 15 is 0 Å². The molecule has 4 heterocycles. The van der Waals surface area contributed by atoms with Gasteiger partial charge in [-0.1, -0.05) is 18.7 Å². The first kappa shape index (κ1) is 17.6. The van der Waals surface area contributed by atoms with E-state index in [4.69, 9.17) is 4.98 Å². The third kappa shape index (κ3) is 2.72. The third-order valence-corrected chi connectivity index (χ3v) is 6.17. The zero-order chi connectivity index (χ0) is 20.1. The Morgan fingerprint density at radius 3 is 2.90 bits per heavy atom. The number of hydrogen-bond acceptors (Lipinski definition) is 5. The van der Waals surface area contributed by atoms with Gasteiger partial charge in [-0.25, -0.2) is 14.5 Å². The van der Waals surface area contributed by atoms with Gasteiger partial charge in [0.2, 0.25) is 0 Å². The van der Waals surface area contributed by atoms with Crippen LogP contribution in [0.5, 0.6) is 0 Å². The van der Waals surface area contributed by atoms with Crippen molar-refractivity contribution in [1.29, 1.82) is 0 Å². The van der Waals surface area contributed by atoms with Crippen LogP contribution in [-0.2, 0) is 6.54 Å². The van der Waals surface area contributed by atoms with Crippen molar-refractivity contribution in [2.45, 2.75) is 20.4 Å². The molecule has 5 rings (SSSR count). The second-order valence-electron chi connectivity index (χ2n) is 6.73. The molecule has 0 fully saturated rings. The standard InChI is InChI=1S/C21H18N6OS/c1-4-18-12(3)24-21(29-18)15-11-23-27-19(28)9-16(25-20(15)27)13-6-7-17-14(8-13)10-22-26(17)5-2/h4,6-11,23H,1,5H2,2-3H3. The Balaban J connectivity index is 1.69. The molecule has 0 bridgehead atoms. The van der Waals surface area contributed by atoms with Crippen LogP contribution in [-0.4, -0.2) is 29.4 Å². The van der Waals surface area contributed by atoms with E-state index in [2.05, 4.69) is 28.7 Å². The minimum atomic E-state index is -0.169. The van der Waals surface area contributed by atoms with E-state index < -0.39 is 0 Å². The highest BCUT2D eigenvalue weighted by molar-refractivity contribution is 7.16. The van der Waals surface area contributed by atoms with Gasteiger partial charge in [-0.05, 0) is 26.0 Å². The van der Waals surface area contributed by atoms with Crippen LogP contribution in [0.15, 0.2) is 48.0 Å². The van der Waals surface area contributed by atoms with Crippen LogP contribution >= 0.6 is 11.3 Å². The van der Waals surface area contributed by atoms with E-state index in [0.29, 0.717) is 11.3 Å². The number of nitrogens with zero attached hydrogens (tertiary/aromatic N) is 5. The zero-order valence-electron chi connectivity index (χ0n) is 16.0. The molecule has 0 aliphatic heterocycles. The molecular formula is C21H18N6OS. The lowest BCUT2D eigenvalue weighted by atomic mass is 10.1. The molecule has 7 nitrogen and oxygen atoms in total. The summed E-state index contributed by atoms with van der Waals surface area (Å²) in [7, 11) is 0. The molecule has 5 aromatic rings. The zero-order valence-corrected chi connectivity index (χ0v) is 16.8. The van der Waals surface area contributed by atoms with E-state index in [1.54, 1.807) is 18.3 Å². The highest BCUT2D eigenvalue weighted by Crippen LogP contribution is 2.31. The quantitative estimate of drug-likeness (QED) is 0.490. The number of nitrogens with one attached hydrogen (secondary N) is 1.